The summed E-state index contributed by atoms with van der Waals surface area (Å²) in [7, 11) is 1.14. The Bertz CT molecular complexity index is 532. The average molecular weight is 277 g/mol. The lowest BCUT2D eigenvalue weighted by Gasteiger charge is -2.24. The second kappa shape index (κ2) is 5.07. The number of halogens is 3. The summed E-state index contributed by atoms with van der Waals surface area (Å²) in [6.07, 6.45) is -4.66. The molecule has 0 aliphatic carbocycles. The van der Waals surface area contributed by atoms with Gasteiger partial charge in [-0.2, -0.15) is 13.2 Å². The number of esters is 1. The number of hydrogen-bond acceptors (Lipinski definition) is 3. The summed E-state index contributed by atoms with van der Waals surface area (Å²) in [6.45, 7) is 2.42. The quantitative estimate of drug-likeness (QED) is 0.795. The lowest BCUT2D eigenvalue weighted by atomic mass is 9.93. The lowest BCUT2D eigenvalue weighted by molar-refractivity contribution is -0.154. The van der Waals surface area contributed by atoms with Gasteiger partial charge in [0.1, 0.15) is 5.69 Å². The predicted octanol–water partition coefficient (Wildman–Crippen LogP) is 2.07. The minimum atomic E-state index is -4.66. The van der Waals surface area contributed by atoms with Gasteiger partial charge in [0, 0.05) is 12.6 Å². The molecular formula is C12H14F3NO3. The van der Waals surface area contributed by atoms with Crippen LogP contribution in [0.2, 0.25) is 0 Å². The Hall–Kier alpha value is -1.79. The molecule has 0 radical (unpaired) electrons. The topological polar surface area (TPSA) is 48.3 Å². The van der Waals surface area contributed by atoms with Crippen LogP contribution in [0.15, 0.2) is 23.0 Å². The van der Waals surface area contributed by atoms with Gasteiger partial charge >= 0.3 is 12.1 Å². The van der Waals surface area contributed by atoms with E-state index < -0.39 is 35.4 Å². The maximum absolute atomic E-state index is 12.8. The molecule has 0 spiro atoms. The average Bonchev–Trinajstić information content (AvgIpc) is 2.29. The number of aromatic nitrogens is 1. The number of carbonyl (C=O) groups is 1. The first-order valence-electron chi connectivity index (χ1n) is 5.45. The number of nitrogens with zero attached hydrogens (tertiary/aromatic N) is 1. The molecule has 0 aliphatic rings. The first kappa shape index (κ1) is 15.3. The lowest BCUT2D eigenvalue weighted by Crippen LogP contribution is -2.37. The SMILES string of the molecule is COC(=O)C(C)(C)Cn1c(C(F)(F)F)cccc1=O. The normalized spacial score (nSPS) is 12.3. The van der Waals surface area contributed by atoms with Gasteiger partial charge in [0.05, 0.1) is 12.5 Å². The van der Waals surface area contributed by atoms with Gasteiger partial charge in [-0.15, -0.1) is 0 Å². The van der Waals surface area contributed by atoms with Crippen LogP contribution < -0.4 is 5.56 Å². The fourth-order valence-electron chi connectivity index (χ4n) is 1.67. The third kappa shape index (κ3) is 3.36. The highest BCUT2D eigenvalue weighted by molar-refractivity contribution is 5.75. The van der Waals surface area contributed by atoms with E-state index in [9.17, 15) is 22.8 Å². The molecule has 0 saturated carbocycles. The molecule has 0 saturated heterocycles. The number of pyridine rings is 1. The highest BCUT2D eigenvalue weighted by atomic mass is 19.4. The minimum Gasteiger partial charge on any atom is -0.469 e. The summed E-state index contributed by atoms with van der Waals surface area (Å²) in [5, 5.41) is 0. The predicted molar refractivity (Wildman–Crippen MR) is 61.5 cm³/mol. The second-order valence-electron chi connectivity index (χ2n) is 4.71. The van der Waals surface area contributed by atoms with Crippen LogP contribution in [0.5, 0.6) is 0 Å². The highest BCUT2D eigenvalue weighted by Crippen LogP contribution is 2.30. The van der Waals surface area contributed by atoms with Crippen LogP contribution in [0.25, 0.3) is 0 Å². The van der Waals surface area contributed by atoms with Gasteiger partial charge in [-0.25, -0.2) is 0 Å². The molecular weight excluding hydrogens is 263 g/mol. The van der Waals surface area contributed by atoms with Crippen molar-refractivity contribution < 1.29 is 22.7 Å². The number of carbonyl (C=O) groups excluding carboxylic acids is 1. The van der Waals surface area contributed by atoms with E-state index in [4.69, 9.17) is 0 Å². The van der Waals surface area contributed by atoms with E-state index in [1.165, 1.54) is 13.8 Å². The molecule has 7 heteroatoms. The van der Waals surface area contributed by atoms with Crippen LogP contribution in [-0.4, -0.2) is 17.6 Å². The summed E-state index contributed by atoms with van der Waals surface area (Å²) in [4.78, 5) is 23.1. The van der Waals surface area contributed by atoms with Gasteiger partial charge in [-0.1, -0.05) is 6.07 Å². The molecule has 1 aromatic rings. The smallest absolute Gasteiger partial charge is 0.431 e. The summed E-state index contributed by atoms with van der Waals surface area (Å²) in [5.41, 5.74) is -3.14. The minimum absolute atomic E-state index is 0.409. The van der Waals surface area contributed by atoms with Crippen molar-refractivity contribution in [1.82, 2.24) is 4.57 Å². The van der Waals surface area contributed by atoms with Crippen molar-refractivity contribution in [3.8, 4) is 0 Å². The zero-order valence-corrected chi connectivity index (χ0v) is 10.7. The second-order valence-corrected chi connectivity index (χ2v) is 4.71. The standard InChI is InChI=1S/C12H14F3NO3/c1-11(2,10(18)19-3)7-16-8(12(13,14)15)5-4-6-9(16)17/h4-6H,7H2,1-3H3. The van der Waals surface area contributed by atoms with Gasteiger partial charge < -0.3 is 9.30 Å². The van der Waals surface area contributed by atoms with Crippen LogP contribution in [0.4, 0.5) is 13.2 Å². The fraction of sp³-hybridized carbons (Fsp3) is 0.500. The molecule has 1 aromatic heterocycles. The van der Waals surface area contributed by atoms with Crippen molar-refractivity contribution in [2.75, 3.05) is 7.11 Å². The van der Waals surface area contributed by atoms with E-state index in [1.807, 2.05) is 0 Å². The van der Waals surface area contributed by atoms with E-state index in [1.54, 1.807) is 0 Å². The van der Waals surface area contributed by atoms with E-state index in [-0.39, 0.29) is 0 Å². The van der Waals surface area contributed by atoms with Gasteiger partial charge in [-0.3, -0.25) is 9.59 Å². The van der Waals surface area contributed by atoms with Crippen LogP contribution in [-0.2, 0) is 22.3 Å². The van der Waals surface area contributed by atoms with Crippen molar-refractivity contribution in [2.45, 2.75) is 26.6 Å². The molecule has 106 valence electrons. The number of hydrogen-bond donors (Lipinski definition) is 0. The Labute approximate surface area is 107 Å². The zero-order valence-electron chi connectivity index (χ0n) is 10.7. The third-order valence-electron chi connectivity index (χ3n) is 2.63. The monoisotopic (exact) mass is 277 g/mol. The highest BCUT2D eigenvalue weighted by Gasteiger charge is 2.37. The van der Waals surface area contributed by atoms with Gasteiger partial charge in [0.25, 0.3) is 5.56 Å². The Balaban J connectivity index is 3.29. The maximum Gasteiger partial charge on any atom is 0.431 e. The van der Waals surface area contributed by atoms with Crippen LogP contribution in [0, 0.1) is 5.41 Å². The zero-order chi connectivity index (χ0) is 14.8. The Kier molecular flexibility index (Phi) is 4.07. The van der Waals surface area contributed by atoms with Crippen LogP contribution in [0.3, 0.4) is 0 Å². The Morgan fingerprint density at radius 1 is 1.32 bits per heavy atom. The van der Waals surface area contributed by atoms with E-state index >= 15 is 0 Å². The molecule has 0 fully saturated rings. The van der Waals surface area contributed by atoms with E-state index in [0.29, 0.717) is 4.57 Å². The van der Waals surface area contributed by atoms with Crippen molar-refractivity contribution in [3.05, 3.63) is 34.2 Å². The number of alkyl halides is 3. The molecule has 1 heterocycles. The summed E-state index contributed by atoms with van der Waals surface area (Å²) >= 11 is 0. The first-order chi connectivity index (χ1) is 8.59. The molecule has 0 aromatic carbocycles. The van der Waals surface area contributed by atoms with E-state index in [0.717, 1.165) is 25.3 Å². The van der Waals surface area contributed by atoms with Crippen molar-refractivity contribution in [2.24, 2.45) is 5.41 Å². The molecule has 0 atom stereocenters. The molecule has 0 aliphatic heterocycles. The molecule has 0 bridgehead atoms. The number of methoxy groups -OCH3 is 1. The third-order valence-corrected chi connectivity index (χ3v) is 2.63. The van der Waals surface area contributed by atoms with Crippen molar-refractivity contribution in [1.29, 1.82) is 0 Å². The Morgan fingerprint density at radius 2 is 1.89 bits per heavy atom. The molecule has 0 unspecified atom stereocenters. The molecule has 4 nitrogen and oxygen atoms in total. The summed E-state index contributed by atoms with van der Waals surface area (Å²) in [5.74, 6) is -0.684. The molecule has 0 amide bonds. The van der Waals surface area contributed by atoms with Crippen molar-refractivity contribution in [3.63, 3.8) is 0 Å². The Morgan fingerprint density at radius 3 is 2.37 bits per heavy atom. The van der Waals surface area contributed by atoms with E-state index in [2.05, 4.69) is 4.74 Å². The largest absolute Gasteiger partial charge is 0.469 e. The fourth-order valence-corrected chi connectivity index (χ4v) is 1.67. The van der Waals surface area contributed by atoms with Crippen LogP contribution in [0.1, 0.15) is 19.5 Å². The molecule has 19 heavy (non-hydrogen) atoms. The maximum atomic E-state index is 12.8. The number of rotatable bonds is 3. The van der Waals surface area contributed by atoms with Crippen LogP contribution >= 0.6 is 0 Å². The van der Waals surface area contributed by atoms with Gasteiger partial charge in [0.15, 0.2) is 0 Å². The molecule has 0 N–H and O–H groups in total. The first-order valence-corrected chi connectivity index (χ1v) is 5.45. The van der Waals surface area contributed by atoms with Gasteiger partial charge in [-0.05, 0) is 19.9 Å². The summed E-state index contributed by atoms with van der Waals surface area (Å²) < 4.78 is 43.5. The van der Waals surface area contributed by atoms with Gasteiger partial charge in [0.2, 0.25) is 0 Å². The summed E-state index contributed by atoms with van der Waals surface area (Å²) in [6, 6.07) is 2.85. The van der Waals surface area contributed by atoms with Crippen molar-refractivity contribution >= 4 is 5.97 Å². The number of ether oxygens (including phenoxy) is 1. The molecule has 1 rings (SSSR count).